The second kappa shape index (κ2) is 4.87. The number of benzene rings is 1. The molecule has 0 radical (unpaired) electrons. The summed E-state index contributed by atoms with van der Waals surface area (Å²) in [5, 5.41) is 0. The molecular formula is C14H15NO2. The molecule has 0 saturated heterocycles. The number of esters is 1. The van der Waals surface area contributed by atoms with Crippen LogP contribution in [0, 0.1) is 6.92 Å². The van der Waals surface area contributed by atoms with E-state index in [0.717, 1.165) is 11.4 Å². The van der Waals surface area contributed by atoms with Crippen molar-refractivity contribution in [2.45, 2.75) is 13.8 Å². The van der Waals surface area contributed by atoms with E-state index in [4.69, 9.17) is 4.74 Å². The Hall–Kier alpha value is -2.03. The first kappa shape index (κ1) is 11.5. The number of carbonyl (C=O) groups excluding carboxylic acids is 1. The molecule has 17 heavy (non-hydrogen) atoms. The summed E-state index contributed by atoms with van der Waals surface area (Å²) in [5.41, 5.74) is 2.53. The highest BCUT2D eigenvalue weighted by Crippen LogP contribution is 2.18. The van der Waals surface area contributed by atoms with Crippen LogP contribution in [0.15, 0.2) is 42.6 Å². The highest BCUT2D eigenvalue weighted by Gasteiger charge is 2.13. The first-order valence-corrected chi connectivity index (χ1v) is 5.64. The number of nitrogens with zero attached hydrogens (tertiary/aromatic N) is 1. The number of hydrogen-bond donors (Lipinski definition) is 0. The number of aromatic nitrogens is 1. The third-order valence-electron chi connectivity index (χ3n) is 2.61. The maximum Gasteiger partial charge on any atom is 0.340 e. The average Bonchev–Trinajstić information content (AvgIpc) is 2.76. The minimum atomic E-state index is -0.281. The van der Waals surface area contributed by atoms with E-state index < -0.39 is 0 Å². The van der Waals surface area contributed by atoms with E-state index in [1.54, 1.807) is 13.0 Å². The topological polar surface area (TPSA) is 31.2 Å². The molecule has 2 aromatic rings. The Labute approximate surface area is 101 Å². The van der Waals surface area contributed by atoms with Crippen LogP contribution >= 0.6 is 0 Å². The molecule has 0 aliphatic heterocycles. The van der Waals surface area contributed by atoms with Crippen LogP contribution in [0.2, 0.25) is 0 Å². The van der Waals surface area contributed by atoms with Crippen LogP contribution in [-0.4, -0.2) is 17.1 Å². The van der Waals surface area contributed by atoms with Gasteiger partial charge in [-0.25, -0.2) is 4.79 Å². The van der Waals surface area contributed by atoms with Gasteiger partial charge in [-0.05, 0) is 38.1 Å². The Bertz CT molecular complexity index is 529. The van der Waals surface area contributed by atoms with Crippen molar-refractivity contribution in [3.63, 3.8) is 0 Å². The van der Waals surface area contributed by atoms with Crippen LogP contribution in [0.5, 0.6) is 0 Å². The van der Waals surface area contributed by atoms with Gasteiger partial charge < -0.3 is 9.30 Å². The van der Waals surface area contributed by atoms with Gasteiger partial charge in [0.05, 0.1) is 17.9 Å². The summed E-state index contributed by atoms with van der Waals surface area (Å²) in [6.45, 7) is 4.20. The fraction of sp³-hybridized carbons (Fsp3) is 0.214. The minimum Gasteiger partial charge on any atom is -0.462 e. The van der Waals surface area contributed by atoms with Crippen LogP contribution in [0.3, 0.4) is 0 Å². The number of ether oxygens (including phenoxy) is 1. The molecule has 2 rings (SSSR count). The van der Waals surface area contributed by atoms with E-state index in [9.17, 15) is 4.79 Å². The van der Waals surface area contributed by atoms with Crippen molar-refractivity contribution in [3.05, 3.63) is 53.9 Å². The van der Waals surface area contributed by atoms with E-state index in [2.05, 4.69) is 0 Å². The molecule has 0 saturated carbocycles. The summed E-state index contributed by atoms with van der Waals surface area (Å²) >= 11 is 0. The molecule has 0 aliphatic rings. The van der Waals surface area contributed by atoms with E-state index in [0.29, 0.717) is 12.2 Å². The molecule has 3 heteroatoms. The number of para-hydroxylation sites is 1. The number of carbonyl (C=O) groups is 1. The number of aryl methyl sites for hydroxylation is 1. The lowest BCUT2D eigenvalue weighted by atomic mass is 10.1. The zero-order valence-corrected chi connectivity index (χ0v) is 10.0. The Morgan fingerprint density at radius 1 is 1.24 bits per heavy atom. The summed E-state index contributed by atoms with van der Waals surface area (Å²) in [5.74, 6) is -0.281. The molecule has 0 unspecified atom stereocenters. The third kappa shape index (κ3) is 2.23. The maximum atomic E-state index is 11.8. The molecule has 0 atom stereocenters. The van der Waals surface area contributed by atoms with Gasteiger partial charge in [0.15, 0.2) is 0 Å². The van der Waals surface area contributed by atoms with Crippen LogP contribution in [0.4, 0.5) is 0 Å². The van der Waals surface area contributed by atoms with Gasteiger partial charge in [0, 0.05) is 11.9 Å². The van der Waals surface area contributed by atoms with Crippen LogP contribution in [0.1, 0.15) is 23.0 Å². The zero-order chi connectivity index (χ0) is 12.3. The van der Waals surface area contributed by atoms with Crippen molar-refractivity contribution in [1.82, 2.24) is 4.57 Å². The Kier molecular flexibility index (Phi) is 3.28. The second-order valence-corrected chi connectivity index (χ2v) is 3.76. The van der Waals surface area contributed by atoms with Gasteiger partial charge in [-0.2, -0.15) is 0 Å². The molecule has 0 aliphatic carbocycles. The van der Waals surface area contributed by atoms with Crippen molar-refractivity contribution < 1.29 is 9.53 Å². The average molecular weight is 229 g/mol. The van der Waals surface area contributed by atoms with Gasteiger partial charge >= 0.3 is 5.97 Å². The van der Waals surface area contributed by atoms with E-state index in [1.165, 1.54) is 0 Å². The van der Waals surface area contributed by atoms with Gasteiger partial charge in [-0.3, -0.25) is 0 Å². The van der Waals surface area contributed by atoms with Crippen molar-refractivity contribution in [2.24, 2.45) is 0 Å². The largest absolute Gasteiger partial charge is 0.462 e. The molecule has 0 amide bonds. The number of rotatable bonds is 3. The van der Waals surface area contributed by atoms with E-state index >= 15 is 0 Å². The SMILES string of the molecule is CCOC(=O)c1ccccc1-n1cccc1C. The fourth-order valence-electron chi connectivity index (χ4n) is 1.80. The predicted molar refractivity (Wildman–Crippen MR) is 66.5 cm³/mol. The molecule has 88 valence electrons. The Morgan fingerprint density at radius 3 is 2.65 bits per heavy atom. The summed E-state index contributed by atoms with van der Waals surface area (Å²) in [6, 6.07) is 11.4. The lowest BCUT2D eigenvalue weighted by Crippen LogP contribution is -2.09. The van der Waals surface area contributed by atoms with Gasteiger partial charge in [0.2, 0.25) is 0 Å². The summed E-state index contributed by atoms with van der Waals surface area (Å²) < 4.78 is 7.03. The van der Waals surface area contributed by atoms with Crippen molar-refractivity contribution in [2.75, 3.05) is 6.61 Å². The predicted octanol–water partition coefficient (Wildman–Crippen LogP) is 2.96. The first-order chi connectivity index (χ1) is 8.24. The molecule has 1 heterocycles. The first-order valence-electron chi connectivity index (χ1n) is 5.64. The Morgan fingerprint density at radius 2 is 2.00 bits per heavy atom. The van der Waals surface area contributed by atoms with Crippen LogP contribution in [0.25, 0.3) is 5.69 Å². The quantitative estimate of drug-likeness (QED) is 0.758. The monoisotopic (exact) mass is 229 g/mol. The Balaban J connectivity index is 2.48. The van der Waals surface area contributed by atoms with Gasteiger partial charge in [0.25, 0.3) is 0 Å². The normalized spacial score (nSPS) is 10.2. The van der Waals surface area contributed by atoms with Crippen LogP contribution in [-0.2, 0) is 4.74 Å². The molecular weight excluding hydrogens is 214 g/mol. The van der Waals surface area contributed by atoms with Gasteiger partial charge in [0.1, 0.15) is 0 Å². The molecule has 3 nitrogen and oxygen atoms in total. The van der Waals surface area contributed by atoms with Crippen LogP contribution < -0.4 is 0 Å². The summed E-state index contributed by atoms with van der Waals surface area (Å²) in [6.07, 6.45) is 1.94. The van der Waals surface area contributed by atoms with E-state index in [-0.39, 0.29) is 5.97 Å². The lowest BCUT2D eigenvalue weighted by molar-refractivity contribution is 0.0526. The highest BCUT2D eigenvalue weighted by atomic mass is 16.5. The smallest absolute Gasteiger partial charge is 0.340 e. The molecule has 1 aromatic heterocycles. The molecule has 0 N–H and O–H groups in total. The van der Waals surface area contributed by atoms with Crippen molar-refractivity contribution in [3.8, 4) is 5.69 Å². The molecule has 1 aromatic carbocycles. The molecule has 0 bridgehead atoms. The maximum absolute atomic E-state index is 11.8. The highest BCUT2D eigenvalue weighted by molar-refractivity contribution is 5.93. The second-order valence-electron chi connectivity index (χ2n) is 3.76. The molecule has 0 spiro atoms. The van der Waals surface area contributed by atoms with Crippen molar-refractivity contribution >= 4 is 5.97 Å². The van der Waals surface area contributed by atoms with Gasteiger partial charge in [-0.15, -0.1) is 0 Å². The standard InChI is InChI=1S/C14H15NO2/c1-3-17-14(16)12-8-4-5-9-13(12)15-10-6-7-11(15)2/h4-10H,3H2,1-2H3. The summed E-state index contributed by atoms with van der Waals surface area (Å²) in [4.78, 5) is 11.8. The third-order valence-corrected chi connectivity index (χ3v) is 2.61. The summed E-state index contributed by atoms with van der Waals surface area (Å²) in [7, 11) is 0. The lowest BCUT2D eigenvalue weighted by Gasteiger charge is -2.11. The number of hydrogen-bond acceptors (Lipinski definition) is 2. The molecule has 0 fully saturated rings. The fourth-order valence-corrected chi connectivity index (χ4v) is 1.80. The van der Waals surface area contributed by atoms with Gasteiger partial charge in [-0.1, -0.05) is 12.1 Å². The zero-order valence-electron chi connectivity index (χ0n) is 10.0. The minimum absolute atomic E-state index is 0.281. The van der Waals surface area contributed by atoms with Crippen molar-refractivity contribution in [1.29, 1.82) is 0 Å². The van der Waals surface area contributed by atoms with E-state index in [1.807, 2.05) is 48.0 Å².